The van der Waals surface area contributed by atoms with Gasteiger partial charge in [-0.25, -0.2) is 15.0 Å². The van der Waals surface area contributed by atoms with Gasteiger partial charge in [0.15, 0.2) is 4.96 Å². The van der Waals surface area contributed by atoms with Crippen molar-refractivity contribution in [1.29, 1.82) is 0 Å². The standard InChI is InChI=1S/C20H27N7S/c1-24(2)18-11-19(22-14-21-18)27(16-3-4-16)17-5-7-25(8-6-17)12-15-13-26-9-10-28-20(26)23-15/h9-11,13-14,16-17H,3-8,12H2,1-2H3. The lowest BCUT2D eigenvalue weighted by Crippen LogP contribution is -2.46. The molecule has 3 aromatic heterocycles. The second kappa shape index (κ2) is 7.33. The van der Waals surface area contributed by atoms with Crippen molar-refractivity contribution in [2.24, 2.45) is 0 Å². The fraction of sp³-hybridized carbons (Fsp3) is 0.550. The molecule has 1 aliphatic heterocycles. The highest BCUT2D eigenvalue weighted by atomic mass is 32.1. The molecule has 2 fully saturated rings. The van der Waals surface area contributed by atoms with Crippen molar-refractivity contribution in [2.45, 2.75) is 44.3 Å². The number of fused-ring (bicyclic) bond motifs is 1. The van der Waals surface area contributed by atoms with Crippen LogP contribution in [0.4, 0.5) is 11.6 Å². The van der Waals surface area contributed by atoms with E-state index >= 15 is 0 Å². The molecule has 1 aliphatic carbocycles. The maximum atomic E-state index is 4.74. The van der Waals surface area contributed by atoms with Gasteiger partial charge in [0, 0.05) is 69.7 Å². The van der Waals surface area contributed by atoms with Crippen LogP contribution in [0.5, 0.6) is 0 Å². The smallest absolute Gasteiger partial charge is 0.193 e. The summed E-state index contributed by atoms with van der Waals surface area (Å²) < 4.78 is 2.12. The molecule has 4 heterocycles. The molecule has 0 N–H and O–H groups in total. The summed E-state index contributed by atoms with van der Waals surface area (Å²) in [5.41, 5.74) is 1.18. The Labute approximate surface area is 169 Å². The van der Waals surface area contributed by atoms with Gasteiger partial charge in [-0.1, -0.05) is 0 Å². The Hall–Kier alpha value is -2.19. The maximum Gasteiger partial charge on any atom is 0.193 e. The van der Waals surface area contributed by atoms with Gasteiger partial charge < -0.3 is 9.80 Å². The number of anilines is 2. The minimum absolute atomic E-state index is 0.569. The van der Waals surface area contributed by atoms with Crippen LogP contribution in [0, 0.1) is 0 Å². The Bertz CT molecular complexity index is 908. The second-order valence-electron chi connectivity index (χ2n) is 8.10. The van der Waals surface area contributed by atoms with Crippen LogP contribution in [0.3, 0.4) is 0 Å². The molecule has 0 bridgehead atoms. The molecule has 0 amide bonds. The van der Waals surface area contributed by atoms with Crippen molar-refractivity contribution < 1.29 is 0 Å². The molecule has 2 aliphatic rings. The van der Waals surface area contributed by atoms with Gasteiger partial charge in [0.05, 0.1) is 5.69 Å². The van der Waals surface area contributed by atoms with Crippen LogP contribution in [-0.4, -0.2) is 63.5 Å². The molecular weight excluding hydrogens is 370 g/mol. The molecule has 0 aromatic carbocycles. The van der Waals surface area contributed by atoms with E-state index in [0.29, 0.717) is 12.1 Å². The second-order valence-corrected chi connectivity index (χ2v) is 8.97. The summed E-state index contributed by atoms with van der Waals surface area (Å²) in [5, 5.41) is 2.08. The van der Waals surface area contributed by atoms with Crippen molar-refractivity contribution >= 4 is 27.9 Å². The largest absolute Gasteiger partial charge is 0.363 e. The molecule has 148 valence electrons. The SMILES string of the molecule is CN(C)c1cc(N(C2CC2)C2CCN(Cc3cn4ccsc4n3)CC2)ncn1. The number of likely N-dealkylation sites (tertiary alicyclic amines) is 1. The predicted molar refractivity (Wildman–Crippen MR) is 113 cm³/mol. The molecule has 0 spiro atoms. The maximum absolute atomic E-state index is 4.74. The van der Waals surface area contributed by atoms with E-state index in [1.54, 1.807) is 17.7 Å². The first-order chi connectivity index (χ1) is 13.7. The monoisotopic (exact) mass is 397 g/mol. The van der Waals surface area contributed by atoms with Crippen LogP contribution >= 0.6 is 11.3 Å². The van der Waals surface area contributed by atoms with Gasteiger partial charge in [-0.2, -0.15) is 0 Å². The van der Waals surface area contributed by atoms with Gasteiger partial charge >= 0.3 is 0 Å². The van der Waals surface area contributed by atoms with Crippen molar-refractivity contribution in [3.8, 4) is 0 Å². The predicted octanol–water partition coefficient (Wildman–Crippen LogP) is 2.89. The highest BCUT2D eigenvalue weighted by Gasteiger charge is 2.36. The van der Waals surface area contributed by atoms with E-state index in [-0.39, 0.29) is 0 Å². The molecule has 8 heteroatoms. The molecule has 0 radical (unpaired) electrons. The molecule has 1 saturated heterocycles. The zero-order chi connectivity index (χ0) is 19.1. The number of nitrogens with zero attached hydrogens (tertiary/aromatic N) is 7. The quantitative estimate of drug-likeness (QED) is 0.638. The third-order valence-electron chi connectivity index (χ3n) is 5.78. The van der Waals surface area contributed by atoms with E-state index in [1.165, 1.54) is 31.4 Å². The average Bonchev–Trinajstić information content (AvgIpc) is 3.31. The Morgan fingerprint density at radius 2 is 1.82 bits per heavy atom. The Morgan fingerprint density at radius 1 is 1.07 bits per heavy atom. The molecule has 5 rings (SSSR count). The van der Waals surface area contributed by atoms with Crippen LogP contribution < -0.4 is 9.80 Å². The topological polar surface area (TPSA) is 52.8 Å². The summed E-state index contributed by atoms with van der Waals surface area (Å²) in [6.07, 6.45) is 10.9. The van der Waals surface area contributed by atoms with Gasteiger partial charge in [0.1, 0.15) is 18.0 Å². The van der Waals surface area contributed by atoms with Crippen LogP contribution in [0.25, 0.3) is 4.96 Å². The van der Waals surface area contributed by atoms with E-state index in [9.17, 15) is 0 Å². The number of thiazole rings is 1. The summed E-state index contributed by atoms with van der Waals surface area (Å²) in [6, 6.07) is 3.36. The van der Waals surface area contributed by atoms with Gasteiger partial charge in [-0.3, -0.25) is 9.30 Å². The first-order valence-corrected chi connectivity index (χ1v) is 11.0. The third-order valence-corrected chi connectivity index (χ3v) is 6.55. The first-order valence-electron chi connectivity index (χ1n) is 10.1. The lowest BCUT2D eigenvalue weighted by molar-refractivity contribution is 0.198. The van der Waals surface area contributed by atoms with Gasteiger partial charge in [-0.15, -0.1) is 11.3 Å². The van der Waals surface area contributed by atoms with Crippen LogP contribution in [-0.2, 0) is 6.54 Å². The number of hydrogen-bond acceptors (Lipinski definition) is 7. The van der Waals surface area contributed by atoms with Crippen molar-refractivity contribution in [1.82, 2.24) is 24.3 Å². The Kier molecular flexibility index (Phi) is 4.68. The highest BCUT2D eigenvalue weighted by Crippen LogP contribution is 2.36. The fourth-order valence-electron chi connectivity index (χ4n) is 4.18. The van der Waals surface area contributed by atoms with Gasteiger partial charge in [0.25, 0.3) is 0 Å². The summed E-state index contributed by atoms with van der Waals surface area (Å²) in [6.45, 7) is 3.18. The number of aromatic nitrogens is 4. The third kappa shape index (κ3) is 3.58. The van der Waals surface area contributed by atoms with Crippen molar-refractivity contribution in [3.05, 3.63) is 35.9 Å². The molecule has 0 atom stereocenters. The zero-order valence-electron chi connectivity index (χ0n) is 16.5. The number of rotatable bonds is 6. The molecule has 7 nitrogen and oxygen atoms in total. The Morgan fingerprint density at radius 3 is 2.54 bits per heavy atom. The highest BCUT2D eigenvalue weighted by molar-refractivity contribution is 7.15. The average molecular weight is 398 g/mol. The molecule has 28 heavy (non-hydrogen) atoms. The Balaban J connectivity index is 1.25. The first kappa shape index (κ1) is 17.9. The van der Waals surface area contributed by atoms with E-state index in [2.05, 4.69) is 52.9 Å². The summed E-state index contributed by atoms with van der Waals surface area (Å²) in [5.74, 6) is 2.07. The normalized spacial score (nSPS) is 18.6. The lowest BCUT2D eigenvalue weighted by Gasteiger charge is -2.39. The summed E-state index contributed by atoms with van der Waals surface area (Å²) >= 11 is 1.70. The van der Waals surface area contributed by atoms with Gasteiger partial charge in [-0.05, 0) is 25.7 Å². The molecular formula is C20H27N7S. The minimum Gasteiger partial charge on any atom is -0.363 e. The number of hydrogen-bond donors (Lipinski definition) is 0. The van der Waals surface area contributed by atoms with Crippen molar-refractivity contribution in [3.63, 3.8) is 0 Å². The minimum atomic E-state index is 0.569. The molecule has 1 saturated carbocycles. The van der Waals surface area contributed by atoms with E-state index in [4.69, 9.17) is 4.98 Å². The lowest BCUT2D eigenvalue weighted by atomic mass is 10.0. The van der Waals surface area contributed by atoms with E-state index in [1.807, 2.05) is 14.1 Å². The number of imidazole rings is 1. The molecule has 0 unspecified atom stereocenters. The fourth-order valence-corrected chi connectivity index (χ4v) is 4.90. The summed E-state index contributed by atoms with van der Waals surface area (Å²) in [7, 11) is 4.07. The van der Waals surface area contributed by atoms with E-state index < -0.39 is 0 Å². The van der Waals surface area contributed by atoms with Crippen LogP contribution in [0.1, 0.15) is 31.4 Å². The van der Waals surface area contributed by atoms with Crippen LogP contribution in [0.15, 0.2) is 30.2 Å². The van der Waals surface area contributed by atoms with E-state index in [0.717, 1.165) is 36.2 Å². The zero-order valence-corrected chi connectivity index (χ0v) is 17.3. The van der Waals surface area contributed by atoms with Gasteiger partial charge in [0.2, 0.25) is 0 Å². The molecule has 3 aromatic rings. The van der Waals surface area contributed by atoms with Crippen LogP contribution in [0.2, 0.25) is 0 Å². The number of piperidine rings is 1. The summed E-state index contributed by atoms with van der Waals surface area (Å²) in [4.78, 5) is 22.0. The van der Waals surface area contributed by atoms with Crippen molar-refractivity contribution in [2.75, 3.05) is 37.0 Å².